The van der Waals surface area contributed by atoms with Crippen LogP contribution in [0.15, 0.2) is 6.07 Å². The summed E-state index contributed by atoms with van der Waals surface area (Å²) in [6.45, 7) is 5.95. The molecule has 0 radical (unpaired) electrons. The normalized spacial score (nSPS) is 10.2. The SMILES string of the molecule is CCOCCNc1cc(C)nc(Cl)n1. The molecule has 14 heavy (non-hydrogen) atoms. The van der Waals surface area contributed by atoms with Gasteiger partial charge in [0.2, 0.25) is 5.28 Å². The number of rotatable bonds is 5. The lowest BCUT2D eigenvalue weighted by atomic mass is 10.4. The standard InChI is InChI=1S/C9H14ClN3O/c1-3-14-5-4-11-8-6-7(2)12-9(10)13-8/h6H,3-5H2,1-2H3,(H,11,12,13). The van der Waals surface area contributed by atoms with Crippen molar-refractivity contribution in [2.24, 2.45) is 0 Å². The van der Waals surface area contributed by atoms with Gasteiger partial charge in [0.1, 0.15) is 5.82 Å². The first-order valence-corrected chi connectivity index (χ1v) is 4.93. The molecule has 0 saturated carbocycles. The molecule has 0 amide bonds. The summed E-state index contributed by atoms with van der Waals surface area (Å²) in [4.78, 5) is 7.98. The van der Waals surface area contributed by atoms with Crippen molar-refractivity contribution in [2.75, 3.05) is 25.1 Å². The van der Waals surface area contributed by atoms with Crippen LogP contribution in [0.4, 0.5) is 5.82 Å². The van der Waals surface area contributed by atoms with Gasteiger partial charge in [0.15, 0.2) is 0 Å². The minimum absolute atomic E-state index is 0.268. The molecule has 0 unspecified atom stereocenters. The summed E-state index contributed by atoms with van der Waals surface area (Å²) in [5.74, 6) is 0.738. The van der Waals surface area contributed by atoms with Crippen molar-refractivity contribution in [3.05, 3.63) is 17.0 Å². The smallest absolute Gasteiger partial charge is 0.224 e. The van der Waals surface area contributed by atoms with Crippen LogP contribution in [0.1, 0.15) is 12.6 Å². The van der Waals surface area contributed by atoms with Crippen LogP contribution in [-0.4, -0.2) is 29.7 Å². The van der Waals surface area contributed by atoms with Gasteiger partial charge in [-0.25, -0.2) is 9.97 Å². The van der Waals surface area contributed by atoms with Crippen molar-refractivity contribution in [1.82, 2.24) is 9.97 Å². The summed E-state index contributed by atoms with van der Waals surface area (Å²) in [7, 11) is 0. The van der Waals surface area contributed by atoms with Crippen LogP contribution in [0.2, 0.25) is 5.28 Å². The van der Waals surface area contributed by atoms with Gasteiger partial charge < -0.3 is 10.1 Å². The highest BCUT2D eigenvalue weighted by Crippen LogP contribution is 2.08. The Hall–Kier alpha value is -0.870. The molecule has 0 aromatic carbocycles. The van der Waals surface area contributed by atoms with Crippen LogP contribution in [0.25, 0.3) is 0 Å². The zero-order valence-electron chi connectivity index (χ0n) is 8.38. The first-order valence-electron chi connectivity index (χ1n) is 4.55. The van der Waals surface area contributed by atoms with Gasteiger partial charge in [-0.05, 0) is 25.4 Å². The van der Waals surface area contributed by atoms with E-state index >= 15 is 0 Å². The van der Waals surface area contributed by atoms with Gasteiger partial charge in [0, 0.05) is 24.9 Å². The quantitative estimate of drug-likeness (QED) is 0.602. The van der Waals surface area contributed by atoms with E-state index in [1.807, 2.05) is 19.9 Å². The molecular formula is C9H14ClN3O. The van der Waals surface area contributed by atoms with Crippen LogP contribution >= 0.6 is 11.6 Å². The molecule has 0 aliphatic carbocycles. The molecule has 4 nitrogen and oxygen atoms in total. The average molecular weight is 216 g/mol. The molecule has 1 aromatic heterocycles. The maximum Gasteiger partial charge on any atom is 0.224 e. The molecule has 0 atom stereocenters. The molecule has 78 valence electrons. The highest BCUT2D eigenvalue weighted by Gasteiger charge is 1.98. The van der Waals surface area contributed by atoms with Crippen molar-refractivity contribution in [3.63, 3.8) is 0 Å². The fraction of sp³-hybridized carbons (Fsp3) is 0.556. The molecule has 0 bridgehead atoms. The fourth-order valence-electron chi connectivity index (χ4n) is 1.02. The van der Waals surface area contributed by atoms with Crippen LogP contribution in [0.3, 0.4) is 0 Å². The zero-order chi connectivity index (χ0) is 10.4. The number of hydrogen-bond donors (Lipinski definition) is 1. The van der Waals surface area contributed by atoms with Gasteiger partial charge in [-0.1, -0.05) is 0 Å². The third kappa shape index (κ3) is 3.89. The maximum absolute atomic E-state index is 5.70. The minimum Gasteiger partial charge on any atom is -0.380 e. The molecule has 1 heterocycles. The van der Waals surface area contributed by atoms with Gasteiger partial charge >= 0.3 is 0 Å². The third-order valence-electron chi connectivity index (χ3n) is 1.58. The van der Waals surface area contributed by atoms with Gasteiger partial charge in [-0.3, -0.25) is 0 Å². The van der Waals surface area contributed by atoms with E-state index in [-0.39, 0.29) is 5.28 Å². The summed E-state index contributed by atoms with van der Waals surface area (Å²) in [5, 5.41) is 3.37. The molecule has 0 saturated heterocycles. The lowest BCUT2D eigenvalue weighted by molar-refractivity contribution is 0.158. The second kappa shape index (κ2) is 5.78. The number of hydrogen-bond acceptors (Lipinski definition) is 4. The Bertz CT molecular complexity index is 273. The average Bonchev–Trinajstić information content (AvgIpc) is 2.11. The molecule has 0 aliphatic rings. The monoisotopic (exact) mass is 215 g/mol. The second-order valence-corrected chi connectivity index (χ2v) is 3.13. The lowest BCUT2D eigenvalue weighted by Gasteiger charge is -2.06. The molecule has 0 aliphatic heterocycles. The van der Waals surface area contributed by atoms with Crippen molar-refractivity contribution >= 4 is 17.4 Å². The van der Waals surface area contributed by atoms with Gasteiger partial charge in [-0.2, -0.15) is 0 Å². The summed E-state index contributed by atoms with van der Waals surface area (Å²) < 4.78 is 5.18. The largest absolute Gasteiger partial charge is 0.380 e. The first kappa shape index (κ1) is 11.2. The van der Waals surface area contributed by atoms with Crippen LogP contribution in [0.5, 0.6) is 0 Å². The molecular weight excluding hydrogens is 202 g/mol. The van der Waals surface area contributed by atoms with Gasteiger partial charge in [-0.15, -0.1) is 0 Å². The second-order valence-electron chi connectivity index (χ2n) is 2.79. The highest BCUT2D eigenvalue weighted by molar-refractivity contribution is 6.28. The Morgan fingerprint density at radius 2 is 2.29 bits per heavy atom. The molecule has 1 N–H and O–H groups in total. The Balaban J connectivity index is 2.42. The Labute approximate surface area is 88.7 Å². The number of aryl methyl sites for hydroxylation is 1. The number of halogens is 1. The highest BCUT2D eigenvalue weighted by atomic mass is 35.5. The summed E-state index contributed by atoms with van der Waals surface area (Å²) in [5.41, 5.74) is 0.851. The van der Waals surface area contributed by atoms with Crippen LogP contribution < -0.4 is 5.32 Å². The molecule has 1 aromatic rings. The van der Waals surface area contributed by atoms with E-state index in [0.717, 1.165) is 24.7 Å². The summed E-state index contributed by atoms with van der Waals surface area (Å²) >= 11 is 5.70. The zero-order valence-corrected chi connectivity index (χ0v) is 9.14. The van der Waals surface area contributed by atoms with Crippen LogP contribution in [-0.2, 0) is 4.74 Å². The Morgan fingerprint density at radius 3 is 2.93 bits per heavy atom. The van der Waals surface area contributed by atoms with Crippen molar-refractivity contribution in [1.29, 1.82) is 0 Å². The Kier molecular flexibility index (Phi) is 4.62. The van der Waals surface area contributed by atoms with Crippen molar-refractivity contribution < 1.29 is 4.74 Å². The van der Waals surface area contributed by atoms with Crippen molar-refractivity contribution in [2.45, 2.75) is 13.8 Å². The molecule has 5 heteroatoms. The fourth-order valence-corrected chi connectivity index (χ4v) is 1.24. The van der Waals surface area contributed by atoms with Crippen molar-refractivity contribution in [3.8, 4) is 0 Å². The molecule has 1 rings (SSSR count). The Morgan fingerprint density at radius 1 is 1.50 bits per heavy atom. The van der Waals surface area contributed by atoms with E-state index in [2.05, 4.69) is 15.3 Å². The van der Waals surface area contributed by atoms with E-state index in [9.17, 15) is 0 Å². The predicted molar refractivity (Wildman–Crippen MR) is 56.8 cm³/mol. The van der Waals surface area contributed by atoms with Gasteiger partial charge in [0.25, 0.3) is 0 Å². The number of anilines is 1. The maximum atomic E-state index is 5.70. The van der Waals surface area contributed by atoms with E-state index in [4.69, 9.17) is 16.3 Å². The number of nitrogens with zero attached hydrogens (tertiary/aromatic N) is 2. The topological polar surface area (TPSA) is 47.0 Å². The van der Waals surface area contributed by atoms with E-state index in [1.54, 1.807) is 0 Å². The first-order chi connectivity index (χ1) is 6.72. The summed E-state index contributed by atoms with van der Waals surface area (Å²) in [6.07, 6.45) is 0. The number of ether oxygens (including phenoxy) is 1. The van der Waals surface area contributed by atoms with E-state index in [1.165, 1.54) is 0 Å². The number of nitrogens with one attached hydrogen (secondary N) is 1. The third-order valence-corrected chi connectivity index (χ3v) is 1.75. The predicted octanol–water partition coefficient (Wildman–Crippen LogP) is 1.89. The van der Waals surface area contributed by atoms with Crippen LogP contribution in [0, 0.1) is 6.92 Å². The van der Waals surface area contributed by atoms with E-state index < -0.39 is 0 Å². The van der Waals surface area contributed by atoms with E-state index in [0.29, 0.717) is 6.61 Å². The summed E-state index contributed by atoms with van der Waals surface area (Å²) in [6, 6.07) is 1.85. The molecule has 0 fully saturated rings. The van der Waals surface area contributed by atoms with Gasteiger partial charge in [0.05, 0.1) is 6.61 Å². The number of aromatic nitrogens is 2. The minimum atomic E-state index is 0.268. The molecule has 0 spiro atoms. The lowest BCUT2D eigenvalue weighted by Crippen LogP contribution is -2.10.